The molecule has 1 aromatic carbocycles. The molecule has 1 saturated heterocycles. The lowest BCUT2D eigenvalue weighted by Gasteiger charge is -2.31. The van der Waals surface area contributed by atoms with Crippen LogP contribution in [-0.4, -0.2) is 42.4 Å². The van der Waals surface area contributed by atoms with Crippen LogP contribution in [0.5, 0.6) is 0 Å². The summed E-state index contributed by atoms with van der Waals surface area (Å²) < 4.78 is 0. The van der Waals surface area contributed by atoms with E-state index in [4.69, 9.17) is 0 Å². The van der Waals surface area contributed by atoms with Crippen LogP contribution in [0.1, 0.15) is 31.7 Å². The molecule has 1 N–H and O–H groups in total. The Balaban J connectivity index is 1.69. The highest BCUT2D eigenvalue weighted by atomic mass is 32.2. The molecule has 104 valence electrons. The minimum absolute atomic E-state index is 0.252. The van der Waals surface area contributed by atoms with Gasteiger partial charge in [0.25, 0.3) is 0 Å². The summed E-state index contributed by atoms with van der Waals surface area (Å²) in [7, 11) is 0. The average molecular weight is 276 g/mol. The molecule has 19 heavy (non-hydrogen) atoms. The lowest BCUT2D eigenvalue weighted by molar-refractivity contribution is 0.223. The van der Waals surface area contributed by atoms with Gasteiger partial charge in [-0.25, -0.2) is 0 Å². The van der Waals surface area contributed by atoms with Gasteiger partial charge in [-0.15, -0.1) is 11.8 Å². The van der Waals surface area contributed by atoms with Gasteiger partial charge < -0.3 is 10.2 Å². The van der Waals surface area contributed by atoms with Crippen molar-refractivity contribution in [1.82, 2.24) is 10.2 Å². The summed E-state index contributed by atoms with van der Waals surface area (Å²) in [5, 5.41) is 3.65. The third-order valence-electron chi connectivity index (χ3n) is 4.15. The van der Waals surface area contributed by atoms with Crippen molar-refractivity contribution < 1.29 is 0 Å². The maximum atomic E-state index is 3.65. The van der Waals surface area contributed by atoms with Crippen molar-refractivity contribution in [3.63, 3.8) is 0 Å². The van der Waals surface area contributed by atoms with E-state index in [0.29, 0.717) is 0 Å². The van der Waals surface area contributed by atoms with Crippen LogP contribution in [0.4, 0.5) is 0 Å². The number of hydrogen-bond donors (Lipinski definition) is 1. The smallest absolute Gasteiger partial charge is 0.0252 e. The minimum Gasteiger partial charge on any atom is -0.310 e. The third-order valence-corrected chi connectivity index (χ3v) is 5.40. The number of thioether (sulfide) groups is 1. The molecule has 0 saturated carbocycles. The van der Waals surface area contributed by atoms with E-state index in [1.54, 1.807) is 5.56 Å². The lowest BCUT2D eigenvalue weighted by atomic mass is 9.99. The van der Waals surface area contributed by atoms with E-state index in [9.17, 15) is 0 Å². The first-order valence-electron chi connectivity index (χ1n) is 7.33. The second kappa shape index (κ2) is 5.47. The largest absolute Gasteiger partial charge is 0.310 e. The summed E-state index contributed by atoms with van der Waals surface area (Å²) in [6.45, 7) is 9.41. The van der Waals surface area contributed by atoms with Crippen molar-refractivity contribution in [3.8, 4) is 0 Å². The van der Waals surface area contributed by atoms with Crippen molar-refractivity contribution in [2.45, 2.75) is 36.6 Å². The van der Waals surface area contributed by atoms with E-state index in [1.807, 2.05) is 11.8 Å². The van der Waals surface area contributed by atoms with Crippen LogP contribution >= 0.6 is 11.8 Å². The Labute approximate surface area is 121 Å². The molecule has 0 spiro atoms. The first-order chi connectivity index (χ1) is 9.14. The zero-order valence-corrected chi connectivity index (χ0v) is 12.8. The molecule has 1 atom stereocenters. The van der Waals surface area contributed by atoms with Gasteiger partial charge in [-0.3, -0.25) is 0 Å². The fourth-order valence-electron chi connectivity index (χ4n) is 3.27. The predicted molar refractivity (Wildman–Crippen MR) is 83.0 cm³/mol. The number of rotatable bonds is 2. The van der Waals surface area contributed by atoms with Gasteiger partial charge in [0.05, 0.1) is 0 Å². The summed E-state index contributed by atoms with van der Waals surface area (Å²) in [6.07, 6.45) is 1.27. The zero-order chi connectivity index (χ0) is 13.3. The van der Waals surface area contributed by atoms with Crippen LogP contribution in [0.2, 0.25) is 0 Å². The summed E-state index contributed by atoms with van der Waals surface area (Å²) in [4.78, 5) is 4.16. The Hall–Kier alpha value is -0.510. The van der Waals surface area contributed by atoms with Crippen LogP contribution in [-0.2, 0) is 0 Å². The van der Waals surface area contributed by atoms with E-state index in [2.05, 4.69) is 48.3 Å². The Kier molecular flexibility index (Phi) is 3.88. The average Bonchev–Trinajstić information content (AvgIpc) is 2.69. The second-order valence-electron chi connectivity index (χ2n) is 6.45. The Morgan fingerprint density at radius 1 is 1.37 bits per heavy atom. The minimum atomic E-state index is 0.252. The van der Waals surface area contributed by atoms with Crippen LogP contribution < -0.4 is 5.32 Å². The molecule has 0 amide bonds. The molecule has 1 unspecified atom stereocenters. The predicted octanol–water partition coefficient (Wildman–Crippen LogP) is 2.95. The van der Waals surface area contributed by atoms with Crippen LogP contribution in [0.3, 0.4) is 0 Å². The summed E-state index contributed by atoms with van der Waals surface area (Å²) in [5.74, 6) is 1.97. The summed E-state index contributed by atoms with van der Waals surface area (Å²) in [5.41, 5.74) is 1.82. The molecule has 3 rings (SSSR count). The summed E-state index contributed by atoms with van der Waals surface area (Å²) >= 11 is 2.03. The van der Waals surface area contributed by atoms with E-state index in [1.165, 1.54) is 30.2 Å². The first kappa shape index (κ1) is 13.5. The molecular weight excluding hydrogens is 252 g/mol. The normalized spacial score (nSPS) is 26.9. The molecule has 2 aliphatic rings. The van der Waals surface area contributed by atoms with Crippen LogP contribution in [0.25, 0.3) is 0 Å². The molecule has 0 radical (unpaired) electrons. The molecule has 3 heteroatoms. The fraction of sp³-hybridized carbons (Fsp3) is 0.625. The highest BCUT2D eigenvalue weighted by Gasteiger charge is 2.29. The highest BCUT2D eigenvalue weighted by Crippen LogP contribution is 2.39. The van der Waals surface area contributed by atoms with Gasteiger partial charge in [-0.05, 0) is 45.0 Å². The third kappa shape index (κ3) is 3.15. The maximum Gasteiger partial charge on any atom is 0.0252 e. The molecule has 1 fully saturated rings. The van der Waals surface area contributed by atoms with Crippen molar-refractivity contribution in [2.24, 2.45) is 0 Å². The Morgan fingerprint density at radius 2 is 2.21 bits per heavy atom. The van der Waals surface area contributed by atoms with E-state index < -0.39 is 0 Å². The number of fused-ring (bicyclic) bond motifs is 1. The van der Waals surface area contributed by atoms with E-state index in [-0.39, 0.29) is 5.54 Å². The van der Waals surface area contributed by atoms with E-state index >= 15 is 0 Å². The molecule has 0 bridgehead atoms. The zero-order valence-electron chi connectivity index (χ0n) is 12.0. The topological polar surface area (TPSA) is 15.3 Å². The van der Waals surface area contributed by atoms with Crippen molar-refractivity contribution in [1.29, 1.82) is 0 Å². The highest BCUT2D eigenvalue weighted by molar-refractivity contribution is 7.99. The Bertz CT molecular complexity index is 444. The van der Waals surface area contributed by atoms with Crippen LogP contribution in [0.15, 0.2) is 29.2 Å². The number of nitrogens with zero attached hydrogens (tertiary/aromatic N) is 1. The standard InChI is InChI=1S/C16H24N2S/c1-16(2)12-18(9-5-8-17-16)10-13-11-19-15-7-4-3-6-14(13)15/h3-4,6-7,13,17H,5,8-12H2,1-2H3. The number of nitrogens with one attached hydrogen (secondary N) is 1. The molecular formula is C16H24N2S. The van der Waals surface area contributed by atoms with Crippen LogP contribution in [0, 0.1) is 0 Å². The summed E-state index contributed by atoms with van der Waals surface area (Å²) in [6, 6.07) is 8.94. The molecule has 2 nitrogen and oxygen atoms in total. The SMILES string of the molecule is CC1(C)CN(CC2CSc3ccccc32)CCCN1. The number of hydrogen-bond acceptors (Lipinski definition) is 3. The van der Waals surface area contributed by atoms with Crippen molar-refractivity contribution in [2.75, 3.05) is 31.9 Å². The lowest BCUT2D eigenvalue weighted by Crippen LogP contribution is -2.47. The van der Waals surface area contributed by atoms with Crippen molar-refractivity contribution in [3.05, 3.63) is 29.8 Å². The van der Waals surface area contributed by atoms with Gasteiger partial charge in [-0.2, -0.15) is 0 Å². The molecule has 0 aliphatic carbocycles. The molecule has 2 aliphatic heterocycles. The first-order valence-corrected chi connectivity index (χ1v) is 8.32. The van der Waals surface area contributed by atoms with Gasteiger partial charge in [0.2, 0.25) is 0 Å². The van der Waals surface area contributed by atoms with Gasteiger partial charge >= 0.3 is 0 Å². The van der Waals surface area contributed by atoms with Gasteiger partial charge in [0.1, 0.15) is 0 Å². The van der Waals surface area contributed by atoms with Gasteiger partial charge in [-0.1, -0.05) is 18.2 Å². The maximum absolute atomic E-state index is 3.65. The second-order valence-corrected chi connectivity index (χ2v) is 7.51. The number of benzene rings is 1. The van der Waals surface area contributed by atoms with Crippen molar-refractivity contribution >= 4 is 11.8 Å². The Morgan fingerprint density at radius 3 is 3.11 bits per heavy atom. The molecule has 2 heterocycles. The fourth-order valence-corrected chi connectivity index (χ4v) is 4.51. The molecule has 1 aromatic rings. The monoisotopic (exact) mass is 276 g/mol. The quantitative estimate of drug-likeness (QED) is 0.894. The van der Waals surface area contributed by atoms with Gasteiger partial charge in [0.15, 0.2) is 0 Å². The molecule has 0 aromatic heterocycles. The van der Waals surface area contributed by atoms with Gasteiger partial charge in [0, 0.05) is 35.2 Å². The van der Waals surface area contributed by atoms with E-state index in [0.717, 1.165) is 19.0 Å².